The molecule has 7 nitrogen and oxygen atoms in total. The molecule has 1 aliphatic heterocycles. The Kier molecular flexibility index (Phi) is 6.89. The van der Waals surface area contributed by atoms with Gasteiger partial charge in [-0.15, -0.1) is 6.58 Å². The lowest BCUT2D eigenvalue weighted by Crippen LogP contribution is -2.36. The fourth-order valence-corrected chi connectivity index (χ4v) is 4.49. The highest BCUT2D eigenvalue weighted by atomic mass is 32.2. The second-order valence-corrected chi connectivity index (χ2v) is 8.85. The van der Waals surface area contributed by atoms with E-state index in [2.05, 4.69) is 21.5 Å². The molecule has 1 aliphatic rings. The summed E-state index contributed by atoms with van der Waals surface area (Å²) in [5.74, 6) is 1.34. The molecule has 1 unspecified atom stereocenters. The van der Waals surface area contributed by atoms with Gasteiger partial charge >= 0.3 is 0 Å². The van der Waals surface area contributed by atoms with E-state index < -0.39 is 10.0 Å². The lowest BCUT2D eigenvalue weighted by molar-refractivity contribution is 0.0933. The summed E-state index contributed by atoms with van der Waals surface area (Å²) in [6, 6.07) is 9.82. The smallest absolute Gasteiger partial charge is 0.251 e. The van der Waals surface area contributed by atoms with Crippen LogP contribution in [0.1, 0.15) is 40.8 Å². The second kappa shape index (κ2) is 9.39. The third-order valence-electron chi connectivity index (χ3n) is 4.95. The van der Waals surface area contributed by atoms with Gasteiger partial charge in [0.25, 0.3) is 5.91 Å². The number of nitrogens with one attached hydrogen (secondary N) is 2. The number of benzene rings is 1. The Morgan fingerprint density at radius 1 is 1.28 bits per heavy atom. The summed E-state index contributed by atoms with van der Waals surface area (Å²) < 4.78 is 32.8. The topological polar surface area (TPSA) is 91.6 Å². The molecule has 0 spiro atoms. The number of aryl methyl sites for hydroxylation is 1. The second-order valence-electron chi connectivity index (χ2n) is 7.09. The molecule has 1 amide bonds. The van der Waals surface area contributed by atoms with Crippen LogP contribution in [-0.2, 0) is 10.0 Å². The molecule has 0 aliphatic carbocycles. The first-order valence-corrected chi connectivity index (χ1v) is 11.2. The van der Waals surface area contributed by atoms with Crippen LogP contribution < -0.4 is 10.0 Å². The maximum Gasteiger partial charge on any atom is 0.251 e. The number of furan rings is 1. The summed E-state index contributed by atoms with van der Waals surface area (Å²) in [5.41, 5.74) is 0.294. The van der Waals surface area contributed by atoms with Crippen molar-refractivity contribution in [3.63, 3.8) is 0 Å². The molecule has 3 rings (SSSR count). The Bertz CT molecular complexity index is 962. The third kappa shape index (κ3) is 5.35. The van der Waals surface area contributed by atoms with Crippen LogP contribution in [0.15, 0.2) is 58.4 Å². The molecule has 0 radical (unpaired) electrons. The molecule has 8 heteroatoms. The average Bonchev–Trinajstić information content (AvgIpc) is 3.39. The van der Waals surface area contributed by atoms with E-state index in [1.54, 1.807) is 12.1 Å². The van der Waals surface area contributed by atoms with Crippen LogP contribution in [0.2, 0.25) is 0 Å². The van der Waals surface area contributed by atoms with Crippen LogP contribution in [0.3, 0.4) is 0 Å². The standard InChI is InChI=1S/C21H27N3O4S/c1-3-11-23-29(26,27)18-8-6-7-17(14-18)21(25)22-15-19(24-12-4-5-13-24)20-10-9-16(2)28-20/h3,6-10,14,19,23H,1,4-5,11-13,15H2,2H3,(H,22,25). The first kappa shape index (κ1) is 21.3. The molecule has 1 fully saturated rings. The number of amides is 1. The number of nitrogens with zero attached hydrogens (tertiary/aromatic N) is 1. The summed E-state index contributed by atoms with van der Waals surface area (Å²) >= 11 is 0. The van der Waals surface area contributed by atoms with Crippen molar-refractivity contribution in [1.29, 1.82) is 0 Å². The van der Waals surface area contributed by atoms with E-state index in [1.165, 1.54) is 18.2 Å². The molecular formula is C21H27N3O4S. The van der Waals surface area contributed by atoms with Crippen LogP contribution in [0.25, 0.3) is 0 Å². The van der Waals surface area contributed by atoms with Crippen molar-refractivity contribution in [2.24, 2.45) is 0 Å². The molecule has 1 saturated heterocycles. The van der Waals surface area contributed by atoms with E-state index >= 15 is 0 Å². The zero-order valence-electron chi connectivity index (χ0n) is 16.6. The van der Waals surface area contributed by atoms with Gasteiger partial charge in [0.15, 0.2) is 0 Å². The predicted octanol–water partition coefficient (Wildman–Crippen LogP) is 2.62. The van der Waals surface area contributed by atoms with Gasteiger partial charge in [-0.25, -0.2) is 13.1 Å². The van der Waals surface area contributed by atoms with Crippen LogP contribution in [-0.4, -0.2) is 45.4 Å². The first-order chi connectivity index (χ1) is 13.9. The quantitative estimate of drug-likeness (QED) is 0.612. The number of likely N-dealkylation sites (tertiary alicyclic amines) is 1. The van der Waals surface area contributed by atoms with Gasteiger partial charge in [-0.1, -0.05) is 12.1 Å². The summed E-state index contributed by atoms with van der Waals surface area (Å²) in [6.45, 7) is 7.83. The number of hydrogen-bond acceptors (Lipinski definition) is 5. The van der Waals surface area contributed by atoms with Gasteiger partial charge in [0.05, 0.1) is 10.9 Å². The number of rotatable bonds is 9. The molecule has 1 aromatic carbocycles. The largest absolute Gasteiger partial charge is 0.465 e. The fourth-order valence-electron chi connectivity index (χ4n) is 3.44. The fraction of sp³-hybridized carbons (Fsp3) is 0.381. The Hall–Kier alpha value is -2.42. The van der Waals surface area contributed by atoms with E-state index in [0.29, 0.717) is 12.1 Å². The van der Waals surface area contributed by atoms with Crippen LogP contribution >= 0.6 is 0 Å². The van der Waals surface area contributed by atoms with Gasteiger partial charge in [0.1, 0.15) is 11.5 Å². The molecule has 1 atom stereocenters. The highest BCUT2D eigenvalue weighted by Crippen LogP contribution is 2.26. The minimum absolute atomic E-state index is 0.0451. The van der Waals surface area contributed by atoms with Crippen molar-refractivity contribution >= 4 is 15.9 Å². The summed E-state index contributed by atoms with van der Waals surface area (Å²) in [4.78, 5) is 15.1. The number of sulfonamides is 1. The van der Waals surface area contributed by atoms with Crippen molar-refractivity contribution in [2.45, 2.75) is 30.7 Å². The maximum atomic E-state index is 12.7. The molecular weight excluding hydrogens is 390 g/mol. The lowest BCUT2D eigenvalue weighted by Gasteiger charge is -2.26. The Labute approximate surface area is 171 Å². The molecule has 0 saturated carbocycles. The average molecular weight is 418 g/mol. The molecule has 29 heavy (non-hydrogen) atoms. The SMILES string of the molecule is C=CCNS(=O)(=O)c1cccc(C(=O)NCC(c2ccc(C)o2)N2CCCC2)c1. The van der Waals surface area contributed by atoms with Crippen molar-refractivity contribution in [2.75, 3.05) is 26.2 Å². The van der Waals surface area contributed by atoms with E-state index in [-0.39, 0.29) is 23.4 Å². The molecule has 1 aromatic heterocycles. The highest BCUT2D eigenvalue weighted by Gasteiger charge is 2.26. The van der Waals surface area contributed by atoms with Crippen molar-refractivity contribution in [3.05, 3.63) is 66.1 Å². The van der Waals surface area contributed by atoms with E-state index in [9.17, 15) is 13.2 Å². The summed E-state index contributed by atoms with van der Waals surface area (Å²) in [5, 5.41) is 2.93. The van der Waals surface area contributed by atoms with Gasteiger partial charge in [0, 0.05) is 18.7 Å². The molecule has 0 bridgehead atoms. The van der Waals surface area contributed by atoms with Gasteiger partial charge < -0.3 is 9.73 Å². The van der Waals surface area contributed by atoms with Crippen LogP contribution in [0, 0.1) is 6.92 Å². The van der Waals surface area contributed by atoms with Gasteiger partial charge in [-0.2, -0.15) is 0 Å². The van der Waals surface area contributed by atoms with E-state index in [1.807, 2.05) is 19.1 Å². The zero-order chi connectivity index (χ0) is 20.9. The first-order valence-electron chi connectivity index (χ1n) is 9.70. The summed E-state index contributed by atoms with van der Waals surface area (Å²) in [6.07, 6.45) is 3.71. The minimum Gasteiger partial charge on any atom is -0.465 e. The minimum atomic E-state index is -3.69. The molecule has 2 N–H and O–H groups in total. The van der Waals surface area contributed by atoms with Gasteiger partial charge in [-0.3, -0.25) is 9.69 Å². The lowest BCUT2D eigenvalue weighted by atomic mass is 10.1. The van der Waals surface area contributed by atoms with Gasteiger partial charge in [-0.05, 0) is 63.2 Å². The van der Waals surface area contributed by atoms with Crippen molar-refractivity contribution in [1.82, 2.24) is 14.9 Å². The highest BCUT2D eigenvalue weighted by molar-refractivity contribution is 7.89. The number of carbonyl (C=O) groups is 1. The van der Waals surface area contributed by atoms with Crippen LogP contribution in [0.5, 0.6) is 0 Å². The molecule has 2 heterocycles. The maximum absolute atomic E-state index is 12.7. The number of hydrogen-bond donors (Lipinski definition) is 2. The van der Waals surface area contributed by atoms with E-state index in [4.69, 9.17) is 4.42 Å². The van der Waals surface area contributed by atoms with Crippen molar-refractivity contribution < 1.29 is 17.6 Å². The Morgan fingerprint density at radius 3 is 2.69 bits per heavy atom. The van der Waals surface area contributed by atoms with Gasteiger partial charge in [0.2, 0.25) is 10.0 Å². The Morgan fingerprint density at radius 2 is 2.03 bits per heavy atom. The van der Waals surface area contributed by atoms with Crippen LogP contribution in [0.4, 0.5) is 0 Å². The predicted molar refractivity (Wildman–Crippen MR) is 111 cm³/mol. The normalized spacial score (nSPS) is 15.9. The number of carbonyl (C=O) groups excluding carboxylic acids is 1. The third-order valence-corrected chi connectivity index (χ3v) is 6.37. The Balaban J connectivity index is 1.72. The van der Waals surface area contributed by atoms with E-state index in [0.717, 1.165) is 37.5 Å². The monoisotopic (exact) mass is 417 g/mol. The summed E-state index contributed by atoms with van der Waals surface area (Å²) in [7, 11) is -3.69. The zero-order valence-corrected chi connectivity index (χ0v) is 17.4. The molecule has 156 valence electrons. The van der Waals surface area contributed by atoms with Crippen molar-refractivity contribution in [3.8, 4) is 0 Å². The molecule has 2 aromatic rings.